The quantitative estimate of drug-likeness (QED) is 0.727. The Kier molecular flexibility index (Phi) is 5.69. The summed E-state index contributed by atoms with van der Waals surface area (Å²) in [6, 6.07) is 3.81. The van der Waals surface area contributed by atoms with Gasteiger partial charge in [-0.15, -0.1) is 11.3 Å². The second-order valence-corrected chi connectivity index (χ2v) is 4.76. The molecule has 94 valence electrons. The van der Waals surface area contributed by atoms with Crippen molar-refractivity contribution >= 4 is 23.2 Å². The molecule has 1 amide bonds. The van der Waals surface area contributed by atoms with Crippen LogP contribution in [0.3, 0.4) is 0 Å². The number of ether oxygens (including phenoxy) is 1. The highest BCUT2D eigenvalue weighted by molar-refractivity contribution is 7.10. The molecule has 0 spiro atoms. The summed E-state index contributed by atoms with van der Waals surface area (Å²) in [5, 5.41) is 1.93. The van der Waals surface area contributed by atoms with Gasteiger partial charge in [-0.2, -0.15) is 0 Å². The maximum Gasteiger partial charge on any atom is 0.325 e. The number of thiophene rings is 1. The summed E-state index contributed by atoms with van der Waals surface area (Å²) in [6.45, 7) is 2.36. The molecule has 4 nitrogen and oxygen atoms in total. The van der Waals surface area contributed by atoms with E-state index in [1.54, 1.807) is 7.05 Å². The second kappa shape index (κ2) is 7.06. The highest BCUT2D eigenvalue weighted by Gasteiger charge is 2.14. The van der Waals surface area contributed by atoms with Gasteiger partial charge < -0.3 is 9.64 Å². The van der Waals surface area contributed by atoms with Gasteiger partial charge in [0.05, 0.1) is 13.0 Å². The first-order valence-corrected chi connectivity index (χ1v) is 6.43. The van der Waals surface area contributed by atoms with E-state index in [9.17, 15) is 9.59 Å². The summed E-state index contributed by atoms with van der Waals surface area (Å²) in [5.74, 6) is -0.422. The summed E-state index contributed by atoms with van der Waals surface area (Å²) in [6.07, 6.45) is 1.13. The Labute approximate surface area is 105 Å². The lowest BCUT2D eigenvalue weighted by Crippen LogP contribution is -2.34. The molecule has 0 atom stereocenters. The van der Waals surface area contributed by atoms with Gasteiger partial charge in [-0.3, -0.25) is 9.59 Å². The molecule has 1 aromatic rings. The molecule has 0 radical (unpaired) electrons. The Morgan fingerprint density at radius 3 is 2.82 bits per heavy atom. The van der Waals surface area contributed by atoms with Crippen LogP contribution in [0.25, 0.3) is 0 Å². The molecule has 0 aliphatic carbocycles. The molecule has 0 saturated heterocycles. The number of esters is 1. The van der Waals surface area contributed by atoms with Crippen molar-refractivity contribution in [2.24, 2.45) is 0 Å². The van der Waals surface area contributed by atoms with E-state index in [-0.39, 0.29) is 18.4 Å². The third-order valence-electron chi connectivity index (χ3n) is 2.16. The number of carbonyl (C=O) groups excluding carboxylic acids is 2. The van der Waals surface area contributed by atoms with Crippen molar-refractivity contribution < 1.29 is 14.3 Å². The first-order chi connectivity index (χ1) is 8.13. The number of nitrogens with zero attached hydrogens (tertiary/aromatic N) is 1. The van der Waals surface area contributed by atoms with E-state index in [1.807, 2.05) is 24.4 Å². The molecule has 0 aliphatic heterocycles. The standard InChI is InChI=1S/C12H17NO3S/c1-3-6-16-12(15)9-13(2)11(14)8-10-5-4-7-17-10/h4-5,7H,3,6,8-9H2,1-2H3. The van der Waals surface area contributed by atoms with E-state index in [4.69, 9.17) is 4.74 Å². The average Bonchev–Trinajstić information content (AvgIpc) is 2.78. The number of likely N-dealkylation sites (N-methyl/N-ethyl adjacent to an activating group) is 1. The van der Waals surface area contributed by atoms with Crippen LogP contribution >= 0.6 is 11.3 Å². The van der Waals surface area contributed by atoms with Crippen LogP contribution in [0.4, 0.5) is 0 Å². The molecule has 0 saturated carbocycles. The molecule has 17 heavy (non-hydrogen) atoms. The topological polar surface area (TPSA) is 46.6 Å². The molecule has 0 unspecified atom stereocenters. The van der Waals surface area contributed by atoms with Gasteiger partial charge in [-0.25, -0.2) is 0 Å². The van der Waals surface area contributed by atoms with Gasteiger partial charge >= 0.3 is 5.97 Å². The lowest BCUT2D eigenvalue weighted by atomic mass is 10.3. The van der Waals surface area contributed by atoms with Crippen LogP contribution in [0, 0.1) is 0 Å². The highest BCUT2D eigenvalue weighted by atomic mass is 32.1. The molecule has 0 fully saturated rings. The molecule has 5 heteroatoms. The van der Waals surface area contributed by atoms with Gasteiger partial charge in [0.15, 0.2) is 0 Å². The van der Waals surface area contributed by atoms with E-state index in [1.165, 1.54) is 16.2 Å². The minimum absolute atomic E-state index is 0.0181. The Morgan fingerprint density at radius 2 is 2.24 bits per heavy atom. The number of hydrogen-bond donors (Lipinski definition) is 0. The van der Waals surface area contributed by atoms with Crippen molar-refractivity contribution in [3.05, 3.63) is 22.4 Å². The van der Waals surface area contributed by atoms with Crippen LogP contribution in [-0.4, -0.2) is 37.0 Å². The fourth-order valence-electron chi connectivity index (χ4n) is 1.24. The predicted molar refractivity (Wildman–Crippen MR) is 66.9 cm³/mol. The van der Waals surface area contributed by atoms with Crippen molar-refractivity contribution in [3.63, 3.8) is 0 Å². The van der Waals surface area contributed by atoms with Crippen molar-refractivity contribution in [2.75, 3.05) is 20.2 Å². The van der Waals surface area contributed by atoms with Crippen molar-refractivity contribution in [1.82, 2.24) is 4.90 Å². The zero-order valence-corrected chi connectivity index (χ0v) is 11.0. The largest absolute Gasteiger partial charge is 0.464 e. The predicted octanol–water partition coefficient (Wildman–Crippen LogP) is 1.70. The molecule has 0 N–H and O–H groups in total. The first-order valence-electron chi connectivity index (χ1n) is 5.55. The Morgan fingerprint density at radius 1 is 1.47 bits per heavy atom. The number of rotatable bonds is 6. The summed E-state index contributed by atoms with van der Waals surface area (Å²) in [5.41, 5.74) is 0. The van der Waals surface area contributed by atoms with Gasteiger partial charge in [0.2, 0.25) is 5.91 Å². The molecule has 1 heterocycles. The summed E-state index contributed by atoms with van der Waals surface area (Å²) < 4.78 is 4.92. The molecule has 0 bridgehead atoms. The van der Waals surface area contributed by atoms with E-state index in [0.717, 1.165) is 11.3 Å². The first kappa shape index (κ1) is 13.7. The molecule has 1 aromatic heterocycles. The lowest BCUT2D eigenvalue weighted by Gasteiger charge is -2.15. The van der Waals surface area contributed by atoms with Crippen LogP contribution in [0.1, 0.15) is 18.2 Å². The minimum Gasteiger partial charge on any atom is -0.464 e. The van der Waals surface area contributed by atoms with Crippen LogP contribution in [0.2, 0.25) is 0 Å². The van der Waals surface area contributed by atoms with Gasteiger partial charge in [0.25, 0.3) is 0 Å². The van der Waals surface area contributed by atoms with Crippen molar-refractivity contribution in [2.45, 2.75) is 19.8 Å². The van der Waals surface area contributed by atoms with E-state index in [2.05, 4.69) is 0 Å². The van der Waals surface area contributed by atoms with Gasteiger partial charge in [-0.1, -0.05) is 13.0 Å². The number of carbonyl (C=O) groups is 2. The van der Waals surface area contributed by atoms with Crippen LogP contribution in [0.5, 0.6) is 0 Å². The maximum atomic E-state index is 11.7. The Balaban J connectivity index is 2.34. The Bertz CT molecular complexity index is 362. The molecule has 0 aromatic carbocycles. The highest BCUT2D eigenvalue weighted by Crippen LogP contribution is 2.10. The van der Waals surface area contributed by atoms with Crippen molar-refractivity contribution in [3.8, 4) is 0 Å². The smallest absolute Gasteiger partial charge is 0.325 e. The number of amides is 1. The lowest BCUT2D eigenvalue weighted by molar-refractivity contribution is -0.148. The Hall–Kier alpha value is -1.36. The van der Waals surface area contributed by atoms with Crippen LogP contribution < -0.4 is 0 Å². The summed E-state index contributed by atoms with van der Waals surface area (Å²) in [4.78, 5) is 25.5. The molecular weight excluding hydrogens is 238 g/mol. The van der Waals surface area contributed by atoms with Crippen molar-refractivity contribution in [1.29, 1.82) is 0 Å². The molecular formula is C12H17NO3S. The third-order valence-corrected chi connectivity index (χ3v) is 3.04. The van der Waals surface area contributed by atoms with Gasteiger partial charge in [0, 0.05) is 11.9 Å². The fourth-order valence-corrected chi connectivity index (χ4v) is 1.94. The maximum absolute atomic E-state index is 11.7. The average molecular weight is 255 g/mol. The minimum atomic E-state index is -0.353. The summed E-state index contributed by atoms with van der Waals surface area (Å²) >= 11 is 1.54. The van der Waals surface area contributed by atoms with Gasteiger partial charge in [0.1, 0.15) is 6.54 Å². The third kappa shape index (κ3) is 4.99. The molecule has 1 rings (SSSR count). The molecule has 0 aliphatic rings. The van der Waals surface area contributed by atoms with Crippen LogP contribution in [0.15, 0.2) is 17.5 Å². The fraction of sp³-hybridized carbons (Fsp3) is 0.500. The van der Waals surface area contributed by atoms with Crippen LogP contribution in [-0.2, 0) is 20.7 Å². The van der Waals surface area contributed by atoms with E-state index >= 15 is 0 Å². The summed E-state index contributed by atoms with van der Waals surface area (Å²) in [7, 11) is 1.61. The zero-order chi connectivity index (χ0) is 12.7. The zero-order valence-electron chi connectivity index (χ0n) is 10.1. The van der Waals surface area contributed by atoms with Gasteiger partial charge in [-0.05, 0) is 17.9 Å². The monoisotopic (exact) mass is 255 g/mol. The second-order valence-electron chi connectivity index (χ2n) is 3.73. The van der Waals surface area contributed by atoms with E-state index < -0.39 is 0 Å². The SMILES string of the molecule is CCCOC(=O)CN(C)C(=O)Cc1cccs1. The normalized spacial score (nSPS) is 10.0. The van der Waals surface area contributed by atoms with E-state index in [0.29, 0.717) is 13.0 Å². The number of hydrogen-bond acceptors (Lipinski definition) is 4.